The molecule has 1 aromatic heterocycles. The van der Waals surface area contributed by atoms with E-state index in [0.717, 1.165) is 12.8 Å². The van der Waals surface area contributed by atoms with Crippen LogP contribution in [0.5, 0.6) is 0 Å². The Morgan fingerprint density at radius 1 is 1.19 bits per heavy atom. The van der Waals surface area contributed by atoms with Crippen LogP contribution >= 0.6 is 0 Å². The Bertz CT molecular complexity index is 847. The Morgan fingerprint density at radius 3 is 2.69 bits per heavy atom. The molecule has 0 bridgehead atoms. The maximum absolute atomic E-state index is 12.8. The first kappa shape index (κ1) is 17.8. The topological polar surface area (TPSA) is 84.3 Å². The summed E-state index contributed by atoms with van der Waals surface area (Å²) < 4.78 is 1.23. The second-order valence-corrected chi connectivity index (χ2v) is 6.32. The molecule has 1 saturated heterocycles. The highest BCUT2D eigenvalue weighted by atomic mass is 16.2. The molecule has 1 N–H and O–H groups in total. The van der Waals surface area contributed by atoms with Crippen LogP contribution in [-0.4, -0.2) is 45.6 Å². The molecule has 1 aliphatic heterocycles. The zero-order valence-electron chi connectivity index (χ0n) is 14.7. The van der Waals surface area contributed by atoms with Crippen molar-refractivity contribution < 1.29 is 9.59 Å². The van der Waals surface area contributed by atoms with Gasteiger partial charge in [0.2, 0.25) is 5.91 Å². The van der Waals surface area contributed by atoms with E-state index in [2.05, 4.69) is 10.4 Å². The standard InChI is InChI=1S/C19H22N4O3/c1-2-17(24)20-14-7-6-12-22(13-14)19(26)16-10-11-18(25)23(21-16)15-8-4-3-5-9-15/h3-5,8-11,14H,2,6-7,12-13H2,1H3,(H,20,24). The Morgan fingerprint density at radius 2 is 1.96 bits per heavy atom. The number of hydrogen-bond acceptors (Lipinski definition) is 4. The van der Waals surface area contributed by atoms with Crippen LogP contribution in [0.3, 0.4) is 0 Å². The van der Waals surface area contributed by atoms with E-state index in [1.807, 2.05) is 18.2 Å². The lowest BCUT2D eigenvalue weighted by Gasteiger charge is -2.33. The highest BCUT2D eigenvalue weighted by Crippen LogP contribution is 2.13. The average molecular weight is 354 g/mol. The number of benzene rings is 1. The number of piperidine rings is 1. The van der Waals surface area contributed by atoms with Crippen molar-refractivity contribution >= 4 is 11.8 Å². The molecule has 1 aromatic carbocycles. The number of rotatable bonds is 4. The van der Waals surface area contributed by atoms with Gasteiger partial charge in [-0.3, -0.25) is 14.4 Å². The number of para-hydroxylation sites is 1. The predicted octanol–water partition coefficient (Wildman–Crippen LogP) is 1.36. The van der Waals surface area contributed by atoms with Crippen molar-refractivity contribution in [1.29, 1.82) is 0 Å². The molecule has 7 nitrogen and oxygen atoms in total. The fraction of sp³-hybridized carbons (Fsp3) is 0.368. The summed E-state index contributed by atoms with van der Waals surface area (Å²) in [5.74, 6) is -0.245. The Hall–Kier alpha value is -2.96. The minimum atomic E-state index is -0.292. The van der Waals surface area contributed by atoms with E-state index >= 15 is 0 Å². The van der Waals surface area contributed by atoms with Crippen LogP contribution < -0.4 is 10.9 Å². The molecular weight excluding hydrogens is 332 g/mol. The van der Waals surface area contributed by atoms with Crippen molar-refractivity contribution in [3.63, 3.8) is 0 Å². The van der Waals surface area contributed by atoms with Crippen molar-refractivity contribution in [3.8, 4) is 5.69 Å². The Balaban J connectivity index is 1.79. The molecule has 0 spiro atoms. The van der Waals surface area contributed by atoms with Crippen LogP contribution in [0.25, 0.3) is 5.69 Å². The molecule has 2 amide bonds. The first-order valence-electron chi connectivity index (χ1n) is 8.83. The molecule has 2 aromatic rings. The van der Waals surface area contributed by atoms with Crippen molar-refractivity contribution in [2.75, 3.05) is 13.1 Å². The lowest BCUT2D eigenvalue weighted by Crippen LogP contribution is -2.49. The van der Waals surface area contributed by atoms with E-state index in [0.29, 0.717) is 25.2 Å². The molecular formula is C19H22N4O3. The highest BCUT2D eigenvalue weighted by molar-refractivity contribution is 5.92. The van der Waals surface area contributed by atoms with Crippen molar-refractivity contribution in [2.45, 2.75) is 32.2 Å². The SMILES string of the molecule is CCC(=O)NC1CCCN(C(=O)c2ccc(=O)n(-c3ccccc3)n2)C1. The third-order valence-electron chi connectivity index (χ3n) is 4.41. The molecule has 136 valence electrons. The quantitative estimate of drug-likeness (QED) is 0.899. The number of nitrogens with one attached hydrogen (secondary N) is 1. The molecule has 26 heavy (non-hydrogen) atoms. The van der Waals surface area contributed by atoms with Gasteiger partial charge in [-0.15, -0.1) is 0 Å². The highest BCUT2D eigenvalue weighted by Gasteiger charge is 2.26. The van der Waals surface area contributed by atoms with Crippen molar-refractivity contribution in [3.05, 3.63) is 58.5 Å². The molecule has 2 heterocycles. The molecule has 1 unspecified atom stereocenters. The summed E-state index contributed by atoms with van der Waals surface area (Å²) in [5, 5.41) is 7.19. The monoisotopic (exact) mass is 354 g/mol. The summed E-state index contributed by atoms with van der Waals surface area (Å²) in [7, 11) is 0. The number of amides is 2. The van der Waals surface area contributed by atoms with Crippen LogP contribution in [0.15, 0.2) is 47.3 Å². The predicted molar refractivity (Wildman–Crippen MR) is 97.2 cm³/mol. The van der Waals surface area contributed by atoms with Crippen molar-refractivity contribution in [1.82, 2.24) is 20.0 Å². The van der Waals surface area contributed by atoms with E-state index in [-0.39, 0.29) is 29.1 Å². The van der Waals surface area contributed by atoms with Gasteiger partial charge in [0.15, 0.2) is 0 Å². The first-order valence-corrected chi connectivity index (χ1v) is 8.83. The second-order valence-electron chi connectivity index (χ2n) is 6.32. The lowest BCUT2D eigenvalue weighted by atomic mass is 10.0. The average Bonchev–Trinajstić information content (AvgIpc) is 2.68. The summed E-state index contributed by atoms with van der Waals surface area (Å²) in [6.45, 7) is 2.87. The van der Waals surface area contributed by atoms with E-state index < -0.39 is 0 Å². The van der Waals surface area contributed by atoms with Gasteiger partial charge in [0.25, 0.3) is 11.5 Å². The summed E-state index contributed by atoms with van der Waals surface area (Å²) in [6, 6.07) is 11.8. The van der Waals surface area contributed by atoms with Gasteiger partial charge in [-0.2, -0.15) is 9.78 Å². The fourth-order valence-corrected chi connectivity index (χ4v) is 3.05. The summed E-state index contributed by atoms with van der Waals surface area (Å²) in [6.07, 6.45) is 2.10. The van der Waals surface area contributed by atoms with Crippen molar-refractivity contribution in [2.24, 2.45) is 0 Å². The summed E-state index contributed by atoms with van der Waals surface area (Å²) in [5.41, 5.74) is 0.536. The van der Waals surface area contributed by atoms with Gasteiger partial charge < -0.3 is 10.2 Å². The van der Waals surface area contributed by atoms with E-state index in [4.69, 9.17) is 0 Å². The van der Waals surface area contributed by atoms with E-state index in [1.165, 1.54) is 16.8 Å². The van der Waals surface area contributed by atoms with Gasteiger partial charge in [0.05, 0.1) is 5.69 Å². The number of carbonyl (C=O) groups is 2. The molecule has 0 saturated carbocycles. The minimum Gasteiger partial charge on any atom is -0.352 e. The lowest BCUT2D eigenvalue weighted by molar-refractivity contribution is -0.121. The van der Waals surface area contributed by atoms with Crippen LogP contribution in [0.4, 0.5) is 0 Å². The fourth-order valence-electron chi connectivity index (χ4n) is 3.05. The third kappa shape index (κ3) is 3.99. The number of hydrogen-bond donors (Lipinski definition) is 1. The zero-order valence-corrected chi connectivity index (χ0v) is 14.7. The Labute approximate surface area is 151 Å². The van der Waals surface area contributed by atoms with Gasteiger partial charge >= 0.3 is 0 Å². The number of nitrogens with zero attached hydrogens (tertiary/aromatic N) is 3. The number of likely N-dealkylation sites (tertiary alicyclic amines) is 1. The second kappa shape index (κ2) is 7.95. The number of carbonyl (C=O) groups excluding carboxylic acids is 2. The van der Waals surface area contributed by atoms with Gasteiger partial charge in [-0.25, -0.2) is 0 Å². The largest absolute Gasteiger partial charge is 0.352 e. The molecule has 0 aliphatic carbocycles. The van der Waals surface area contributed by atoms with Gasteiger partial charge in [0, 0.05) is 31.6 Å². The smallest absolute Gasteiger partial charge is 0.274 e. The summed E-state index contributed by atoms with van der Waals surface area (Å²) in [4.78, 5) is 38.2. The molecule has 1 atom stereocenters. The maximum atomic E-state index is 12.8. The molecule has 7 heteroatoms. The normalized spacial score (nSPS) is 17.0. The molecule has 3 rings (SSSR count). The van der Waals surface area contributed by atoms with Crippen LogP contribution in [0.2, 0.25) is 0 Å². The molecule has 0 radical (unpaired) electrons. The van der Waals surface area contributed by atoms with Gasteiger partial charge in [-0.05, 0) is 31.0 Å². The van der Waals surface area contributed by atoms with Crippen LogP contribution in [0.1, 0.15) is 36.7 Å². The number of aromatic nitrogens is 2. The molecule has 1 aliphatic rings. The summed E-state index contributed by atoms with van der Waals surface area (Å²) >= 11 is 0. The first-order chi connectivity index (χ1) is 12.6. The van der Waals surface area contributed by atoms with E-state index in [1.54, 1.807) is 24.0 Å². The van der Waals surface area contributed by atoms with Crippen LogP contribution in [0, 0.1) is 0 Å². The molecule has 1 fully saturated rings. The Kier molecular flexibility index (Phi) is 5.46. The van der Waals surface area contributed by atoms with Gasteiger partial charge in [0.1, 0.15) is 5.69 Å². The third-order valence-corrected chi connectivity index (χ3v) is 4.41. The zero-order chi connectivity index (χ0) is 18.5. The minimum absolute atomic E-state index is 0.0138. The maximum Gasteiger partial charge on any atom is 0.274 e. The van der Waals surface area contributed by atoms with E-state index in [9.17, 15) is 14.4 Å². The van der Waals surface area contributed by atoms with Crippen LogP contribution in [-0.2, 0) is 4.79 Å². The van der Waals surface area contributed by atoms with Gasteiger partial charge in [-0.1, -0.05) is 25.1 Å².